The van der Waals surface area contributed by atoms with Gasteiger partial charge in [-0.15, -0.1) is 0 Å². The Bertz CT molecular complexity index is 2010. The third kappa shape index (κ3) is 39.9. The number of hydrogen-bond donors (Lipinski definition) is 12. The van der Waals surface area contributed by atoms with Crippen LogP contribution in [0.25, 0.3) is 0 Å². The number of nitrogens with one attached hydrogen (secondary N) is 1. The Labute approximate surface area is 592 Å². The molecule has 0 aromatic carbocycles. The summed E-state index contributed by atoms with van der Waals surface area (Å²) in [5, 5.41) is 121. The largest absolute Gasteiger partial charge is 0.394 e. The molecule has 19 heteroatoms. The minimum atomic E-state index is -1.97. The van der Waals surface area contributed by atoms with Crippen molar-refractivity contribution in [3.63, 3.8) is 0 Å². The molecular weight excluding hydrogens is 1250 g/mol. The van der Waals surface area contributed by atoms with E-state index in [-0.39, 0.29) is 18.9 Å². The van der Waals surface area contributed by atoms with E-state index in [4.69, 9.17) is 28.4 Å². The van der Waals surface area contributed by atoms with Gasteiger partial charge in [-0.25, -0.2) is 0 Å². The van der Waals surface area contributed by atoms with Gasteiger partial charge in [0.1, 0.15) is 73.2 Å². The van der Waals surface area contributed by atoms with Gasteiger partial charge >= 0.3 is 0 Å². The highest BCUT2D eigenvalue weighted by atomic mass is 16.8. The summed E-state index contributed by atoms with van der Waals surface area (Å²) in [5.74, 6) is -0.239. The van der Waals surface area contributed by atoms with Gasteiger partial charge in [0.15, 0.2) is 18.9 Å². The van der Waals surface area contributed by atoms with Crippen LogP contribution in [0.5, 0.6) is 0 Å². The molecule has 98 heavy (non-hydrogen) atoms. The lowest BCUT2D eigenvalue weighted by Gasteiger charge is -2.48. The third-order valence-electron chi connectivity index (χ3n) is 19.6. The van der Waals surface area contributed by atoms with E-state index in [1.807, 2.05) is 0 Å². The average molecular weight is 1400 g/mol. The zero-order valence-electron chi connectivity index (χ0n) is 61.0. The van der Waals surface area contributed by atoms with Crippen molar-refractivity contribution in [1.82, 2.24) is 5.32 Å². The van der Waals surface area contributed by atoms with Crippen molar-refractivity contribution in [2.75, 3.05) is 26.4 Å². The Morgan fingerprint density at radius 1 is 0.378 bits per heavy atom. The topological polar surface area (TPSA) is 307 Å². The third-order valence-corrected chi connectivity index (χ3v) is 19.6. The predicted molar refractivity (Wildman–Crippen MR) is 388 cm³/mol. The van der Waals surface area contributed by atoms with Gasteiger partial charge in [0.25, 0.3) is 0 Å². The van der Waals surface area contributed by atoms with Crippen LogP contribution in [0.3, 0.4) is 0 Å². The highest BCUT2D eigenvalue weighted by molar-refractivity contribution is 5.76. The van der Waals surface area contributed by atoms with Crippen molar-refractivity contribution in [3.8, 4) is 0 Å². The summed E-state index contributed by atoms with van der Waals surface area (Å²) in [5.41, 5.74) is 0. The van der Waals surface area contributed by atoms with Gasteiger partial charge in [0.05, 0.1) is 38.6 Å². The summed E-state index contributed by atoms with van der Waals surface area (Å²) >= 11 is 0. The number of rotatable bonds is 62. The smallest absolute Gasteiger partial charge is 0.220 e. The fraction of sp³-hybridized carbons (Fsp3) is 0.861. The van der Waals surface area contributed by atoms with Crippen LogP contribution < -0.4 is 5.32 Å². The second kappa shape index (κ2) is 59.8. The molecule has 1 amide bonds. The monoisotopic (exact) mass is 1390 g/mol. The molecule has 3 saturated heterocycles. The summed E-state index contributed by atoms with van der Waals surface area (Å²) in [6.07, 6.45) is 48.8. The predicted octanol–water partition coefficient (Wildman–Crippen LogP) is 12.7. The fourth-order valence-electron chi connectivity index (χ4n) is 13.3. The maximum Gasteiger partial charge on any atom is 0.220 e. The van der Waals surface area contributed by atoms with Crippen LogP contribution in [0.2, 0.25) is 0 Å². The van der Waals surface area contributed by atoms with Crippen molar-refractivity contribution in [2.45, 2.75) is 407 Å². The number of carbonyl (C=O) groups is 1. The number of allylic oxidation sites excluding steroid dienone is 10. The SMILES string of the molecule is CC/C=C\C/C=C\C/C=C\C/C=C\C/C=C\CCCCCCCCCCCCCCCCCCCCCC(=O)NC(COC1OC(CO)C(OC2OC(CO)C(OC3OC(CO)C(O)C(O)C3O)C(O)C2O)C(O)C1O)C(O)CCCCCCCCCCCCCCCCCCCC. The zero-order valence-corrected chi connectivity index (χ0v) is 61.0. The summed E-state index contributed by atoms with van der Waals surface area (Å²) in [4.78, 5) is 13.5. The van der Waals surface area contributed by atoms with Crippen LogP contribution in [0.4, 0.5) is 0 Å². The van der Waals surface area contributed by atoms with Gasteiger partial charge < -0.3 is 89.9 Å². The highest BCUT2D eigenvalue weighted by Gasteiger charge is 2.54. The molecule has 572 valence electrons. The van der Waals surface area contributed by atoms with Crippen molar-refractivity contribution in [3.05, 3.63) is 60.8 Å². The molecule has 3 fully saturated rings. The normalized spacial score (nSPS) is 27.1. The molecule has 0 bridgehead atoms. The van der Waals surface area contributed by atoms with Crippen LogP contribution in [0.15, 0.2) is 60.8 Å². The first-order chi connectivity index (χ1) is 47.8. The first-order valence-electron chi connectivity index (χ1n) is 39.5. The quantitative estimate of drug-likeness (QED) is 0.0199. The number of unbranched alkanes of at least 4 members (excludes halogenated alkanes) is 36. The Hall–Kier alpha value is -2.51. The number of aliphatic hydroxyl groups excluding tert-OH is 11. The van der Waals surface area contributed by atoms with E-state index < -0.39 is 124 Å². The Morgan fingerprint density at radius 2 is 0.704 bits per heavy atom. The van der Waals surface area contributed by atoms with Gasteiger partial charge in [-0.3, -0.25) is 4.79 Å². The maximum atomic E-state index is 13.5. The molecule has 0 spiro atoms. The minimum Gasteiger partial charge on any atom is -0.394 e. The van der Waals surface area contributed by atoms with E-state index >= 15 is 0 Å². The average Bonchev–Trinajstić information content (AvgIpc) is 0.785. The number of ether oxygens (including phenoxy) is 6. The molecule has 0 radical (unpaired) electrons. The van der Waals surface area contributed by atoms with Crippen LogP contribution in [-0.2, 0) is 33.2 Å². The van der Waals surface area contributed by atoms with Crippen LogP contribution in [0.1, 0.15) is 303 Å². The molecule has 3 heterocycles. The molecule has 19 nitrogen and oxygen atoms in total. The first-order valence-corrected chi connectivity index (χ1v) is 39.5. The Morgan fingerprint density at radius 3 is 1.10 bits per heavy atom. The van der Waals surface area contributed by atoms with Gasteiger partial charge in [-0.1, -0.05) is 299 Å². The van der Waals surface area contributed by atoms with Crippen LogP contribution in [-0.4, -0.2) is 193 Å². The van der Waals surface area contributed by atoms with E-state index in [0.29, 0.717) is 12.8 Å². The summed E-state index contributed by atoms with van der Waals surface area (Å²) in [6, 6.07) is -0.888. The van der Waals surface area contributed by atoms with E-state index in [0.717, 1.165) is 77.0 Å². The van der Waals surface area contributed by atoms with Crippen LogP contribution >= 0.6 is 0 Å². The summed E-state index contributed by atoms with van der Waals surface area (Å²) in [6.45, 7) is 1.72. The number of hydrogen-bond acceptors (Lipinski definition) is 18. The van der Waals surface area contributed by atoms with Gasteiger partial charge in [0.2, 0.25) is 5.91 Å². The Kier molecular flexibility index (Phi) is 54.8. The van der Waals surface area contributed by atoms with Gasteiger partial charge in [-0.2, -0.15) is 0 Å². The number of aliphatic hydroxyl groups is 11. The zero-order chi connectivity index (χ0) is 71.1. The standard InChI is InChI=1S/C79H143NO18/c1-3-5-7-9-11-13-15-17-19-21-23-24-25-26-27-28-29-30-31-32-33-34-35-36-37-38-39-41-43-45-47-49-51-53-55-57-67(85)80-62(63(84)56-54-52-50-48-46-44-42-40-22-20-18-16-14-12-10-8-6-4-2)61-93-77-73(91)70(88)75(65(59-82)95-77)98-79-74(92)71(89)76(66(60-83)96-79)97-78-72(90)69(87)68(86)64(58-81)94-78/h5,7,11,13,17,19,23-24,26-27,62-66,68-79,81-84,86-92H,3-4,6,8-10,12,14-16,18,20-22,25,28-61H2,1-2H3,(H,80,85)/b7-5-,13-11-,19-17-,24-23-,27-26-. The summed E-state index contributed by atoms with van der Waals surface area (Å²) < 4.78 is 34.5. The lowest BCUT2D eigenvalue weighted by atomic mass is 9.96. The Balaban J connectivity index is 1.33. The molecule has 0 aromatic heterocycles. The number of amides is 1. The van der Waals surface area contributed by atoms with Gasteiger partial charge in [-0.05, 0) is 57.8 Å². The molecule has 0 aromatic rings. The van der Waals surface area contributed by atoms with Crippen molar-refractivity contribution in [1.29, 1.82) is 0 Å². The molecule has 3 aliphatic rings. The molecule has 3 rings (SSSR count). The van der Waals surface area contributed by atoms with Crippen LogP contribution in [0, 0.1) is 0 Å². The maximum absolute atomic E-state index is 13.5. The second-order valence-corrected chi connectivity index (χ2v) is 28.2. The number of carbonyl (C=O) groups excluding carboxylic acids is 1. The van der Waals surface area contributed by atoms with Crippen molar-refractivity contribution in [2.24, 2.45) is 0 Å². The lowest BCUT2D eigenvalue weighted by molar-refractivity contribution is -0.379. The molecule has 12 N–H and O–H groups in total. The highest BCUT2D eigenvalue weighted by Crippen LogP contribution is 2.33. The minimum absolute atomic E-state index is 0.239. The van der Waals surface area contributed by atoms with Gasteiger partial charge in [0, 0.05) is 6.42 Å². The fourth-order valence-corrected chi connectivity index (χ4v) is 13.3. The molecule has 17 unspecified atom stereocenters. The van der Waals surface area contributed by atoms with E-state index in [1.165, 1.54) is 193 Å². The molecule has 17 atom stereocenters. The second-order valence-electron chi connectivity index (χ2n) is 28.2. The molecule has 3 aliphatic heterocycles. The lowest BCUT2D eigenvalue weighted by Crippen LogP contribution is -2.66. The molecule has 0 saturated carbocycles. The van der Waals surface area contributed by atoms with E-state index in [2.05, 4.69) is 79.9 Å². The van der Waals surface area contributed by atoms with Crippen molar-refractivity contribution < 1.29 is 89.4 Å². The molecule has 0 aliphatic carbocycles. The van der Waals surface area contributed by atoms with Crippen molar-refractivity contribution >= 4 is 5.91 Å². The first kappa shape index (κ1) is 89.7. The molecular formula is C79H143NO18. The van der Waals surface area contributed by atoms with E-state index in [1.54, 1.807) is 0 Å². The van der Waals surface area contributed by atoms with E-state index in [9.17, 15) is 61.0 Å². The summed E-state index contributed by atoms with van der Waals surface area (Å²) in [7, 11) is 0.